The lowest BCUT2D eigenvalue weighted by atomic mass is 10.1. The van der Waals surface area contributed by atoms with Crippen molar-refractivity contribution in [2.24, 2.45) is 0 Å². The average Bonchev–Trinajstić information content (AvgIpc) is 3.42. The van der Waals surface area contributed by atoms with Crippen LogP contribution in [-0.2, 0) is 6.54 Å². The summed E-state index contributed by atoms with van der Waals surface area (Å²) in [7, 11) is 1.60. The lowest BCUT2D eigenvalue weighted by Crippen LogP contribution is -2.48. The van der Waals surface area contributed by atoms with Gasteiger partial charge in [-0.05, 0) is 66.6 Å². The number of pyridine rings is 1. The minimum absolute atomic E-state index is 0.00156. The van der Waals surface area contributed by atoms with E-state index in [1.54, 1.807) is 43.5 Å². The van der Waals surface area contributed by atoms with Crippen LogP contribution in [0.4, 0.5) is 5.69 Å². The minimum Gasteiger partial charge on any atom is -0.497 e. The van der Waals surface area contributed by atoms with Gasteiger partial charge in [-0.3, -0.25) is 19.8 Å². The first-order chi connectivity index (χ1) is 21.4. The van der Waals surface area contributed by atoms with Crippen LogP contribution in [0.2, 0.25) is 0 Å². The highest BCUT2D eigenvalue weighted by Crippen LogP contribution is 2.31. The highest BCUT2D eigenvalue weighted by molar-refractivity contribution is 5.94. The molecule has 0 saturated carbocycles. The maximum Gasteiger partial charge on any atom is 0.270 e. The predicted octanol–water partition coefficient (Wildman–Crippen LogP) is 5.94. The quantitative estimate of drug-likeness (QED) is 0.154. The molecule has 224 valence electrons. The monoisotopic (exact) mass is 591 g/mol. The van der Waals surface area contributed by atoms with Crippen molar-refractivity contribution >= 4 is 17.2 Å². The topological polar surface area (TPSA) is 102 Å². The molecule has 0 spiro atoms. The number of hydrogen-bond acceptors (Lipinski definition) is 7. The Morgan fingerprint density at radius 3 is 2.36 bits per heavy atom. The maximum atomic E-state index is 13.1. The zero-order chi connectivity index (χ0) is 30.6. The molecule has 0 atom stereocenters. The van der Waals surface area contributed by atoms with Crippen molar-refractivity contribution in [2.45, 2.75) is 13.5 Å². The predicted molar refractivity (Wildman–Crippen MR) is 168 cm³/mol. The Morgan fingerprint density at radius 1 is 0.886 bits per heavy atom. The van der Waals surface area contributed by atoms with Gasteiger partial charge in [0, 0.05) is 62.2 Å². The number of piperazine rings is 1. The van der Waals surface area contributed by atoms with Crippen molar-refractivity contribution in [2.75, 3.05) is 39.9 Å². The van der Waals surface area contributed by atoms with E-state index in [0.29, 0.717) is 61.9 Å². The van der Waals surface area contributed by atoms with Crippen molar-refractivity contribution in [3.8, 4) is 33.9 Å². The van der Waals surface area contributed by atoms with Gasteiger partial charge in [0.05, 0.1) is 30.0 Å². The molecule has 1 amide bonds. The van der Waals surface area contributed by atoms with E-state index in [1.807, 2.05) is 54.3 Å². The highest BCUT2D eigenvalue weighted by Gasteiger charge is 2.25. The summed E-state index contributed by atoms with van der Waals surface area (Å²) in [5.74, 6) is 1.51. The Hall–Kier alpha value is -5.22. The van der Waals surface area contributed by atoms with Crippen LogP contribution in [0, 0.1) is 10.1 Å². The molecule has 1 aliphatic heterocycles. The number of aromatic nitrogens is 2. The standard InChI is InChI=1S/C34H33N5O5/c1-3-44-30-9-5-6-25(21-30)27-12-15-32-35-33(26-7-4-8-28(20-26)39(41)42)31(38(32)22-27)23-36-16-18-37(19-17-36)34(40)24-10-13-29(43-2)14-11-24/h4-15,20-22H,3,16-19,23H2,1-2H3. The zero-order valence-electron chi connectivity index (χ0n) is 24.7. The number of methoxy groups -OCH3 is 1. The van der Waals surface area contributed by atoms with Gasteiger partial charge in [0.1, 0.15) is 17.1 Å². The highest BCUT2D eigenvalue weighted by atomic mass is 16.6. The number of nitrogens with zero attached hydrogens (tertiary/aromatic N) is 5. The molecule has 1 saturated heterocycles. The first-order valence-electron chi connectivity index (χ1n) is 14.6. The Kier molecular flexibility index (Phi) is 8.25. The fourth-order valence-corrected chi connectivity index (χ4v) is 5.58. The van der Waals surface area contributed by atoms with Crippen LogP contribution in [0.3, 0.4) is 0 Å². The third-order valence-electron chi connectivity index (χ3n) is 7.90. The van der Waals surface area contributed by atoms with Gasteiger partial charge >= 0.3 is 0 Å². The van der Waals surface area contributed by atoms with E-state index < -0.39 is 0 Å². The van der Waals surface area contributed by atoms with E-state index >= 15 is 0 Å². The van der Waals surface area contributed by atoms with Gasteiger partial charge in [-0.2, -0.15) is 0 Å². The zero-order valence-corrected chi connectivity index (χ0v) is 24.7. The summed E-state index contributed by atoms with van der Waals surface area (Å²) in [6.07, 6.45) is 2.06. The van der Waals surface area contributed by atoms with E-state index in [-0.39, 0.29) is 16.5 Å². The molecule has 0 aliphatic carbocycles. The number of ether oxygens (including phenoxy) is 2. The molecule has 10 nitrogen and oxygen atoms in total. The first kappa shape index (κ1) is 28.9. The molecule has 5 aromatic rings. The summed E-state index contributed by atoms with van der Waals surface area (Å²) in [4.78, 5) is 33.5. The van der Waals surface area contributed by atoms with Crippen molar-refractivity contribution < 1.29 is 19.2 Å². The van der Waals surface area contributed by atoms with Gasteiger partial charge in [0.15, 0.2) is 0 Å². The lowest BCUT2D eigenvalue weighted by Gasteiger charge is -2.34. The van der Waals surface area contributed by atoms with E-state index in [9.17, 15) is 14.9 Å². The van der Waals surface area contributed by atoms with Crippen LogP contribution in [0.1, 0.15) is 23.0 Å². The largest absolute Gasteiger partial charge is 0.497 e. The fraction of sp³-hybridized carbons (Fsp3) is 0.235. The second-order valence-electron chi connectivity index (χ2n) is 10.6. The molecular weight excluding hydrogens is 558 g/mol. The van der Waals surface area contributed by atoms with Gasteiger partial charge in [-0.25, -0.2) is 4.98 Å². The van der Waals surface area contributed by atoms with Crippen LogP contribution >= 0.6 is 0 Å². The molecule has 0 N–H and O–H groups in total. The summed E-state index contributed by atoms with van der Waals surface area (Å²) in [6, 6.07) is 25.7. The number of benzene rings is 3. The SMILES string of the molecule is CCOc1cccc(-c2ccc3nc(-c4cccc([N+](=O)[O-])c4)c(CN4CCN(C(=O)c5ccc(OC)cc5)CC4)n3c2)c1. The fourth-order valence-electron chi connectivity index (χ4n) is 5.58. The summed E-state index contributed by atoms with van der Waals surface area (Å²) in [5, 5.41) is 11.6. The van der Waals surface area contributed by atoms with Gasteiger partial charge in [0.25, 0.3) is 11.6 Å². The average molecular weight is 592 g/mol. The maximum absolute atomic E-state index is 13.1. The van der Waals surface area contributed by atoms with Crippen molar-refractivity contribution in [3.05, 3.63) is 112 Å². The molecule has 0 unspecified atom stereocenters. The van der Waals surface area contributed by atoms with Gasteiger partial charge < -0.3 is 18.8 Å². The molecule has 3 heterocycles. The lowest BCUT2D eigenvalue weighted by molar-refractivity contribution is -0.384. The van der Waals surface area contributed by atoms with Gasteiger partial charge in [0.2, 0.25) is 0 Å². The molecule has 0 radical (unpaired) electrons. The Bertz CT molecular complexity index is 1810. The number of imidazole rings is 1. The third-order valence-corrected chi connectivity index (χ3v) is 7.90. The smallest absolute Gasteiger partial charge is 0.270 e. The summed E-state index contributed by atoms with van der Waals surface area (Å²) in [6.45, 7) is 5.64. The van der Waals surface area contributed by atoms with Crippen LogP contribution in [-0.4, -0.2) is 69.9 Å². The van der Waals surface area contributed by atoms with Crippen molar-refractivity contribution in [1.29, 1.82) is 0 Å². The molecule has 6 rings (SSSR count). The van der Waals surface area contributed by atoms with E-state index in [0.717, 1.165) is 28.2 Å². The molecule has 1 aliphatic rings. The molecule has 44 heavy (non-hydrogen) atoms. The van der Waals surface area contributed by atoms with Crippen molar-refractivity contribution in [3.63, 3.8) is 0 Å². The van der Waals surface area contributed by atoms with Gasteiger partial charge in [-0.1, -0.05) is 24.3 Å². The van der Waals surface area contributed by atoms with E-state index in [1.165, 1.54) is 6.07 Å². The number of carbonyl (C=O) groups is 1. The molecule has 0 bridgehead atoms. The normalized spacial score (nSPS) is 13.6. The second-order valence-corrected chi connectivity index (χ2v) is 10.6. The summed E-state index contributed by atoms with van der Waals surface area (Å²) < 4.78 is 13.0. The first-order valence-corrected chi connectivity index (χ1v) is 14.6. The molecule has 10 heteroatoms. The Balaban J connectivity index is 1.31. The van der Waals surface area contributed by atoms with Crippen LogP contribution in [0.5, 0.6) is 11.5 Å². The molecule has 1 fully saturated rings. The second kappa shape index (κ2) is 12.6. The Labute approximate surface area is 255 Å². The number of amides is 1. The van der Waals surface area contributed by atoms with Crippen LogP contribution in [0.15, 0.2) is 91.1 Å². The van der Waals surface area contributed by atoms with E-state index in [2.05, 4.69) is 15.5 Å². The van der Waals surface area contributed by atoms with Crippen molar-refractivity contribution in [1.82, 2.24) is 19.2 Å². The summed E-state index contributed by atoms with van der Waals surface area (Å²) in [5.41, 5.74) is 5.73. The van der Waals surface area contributed by atoms with Crippen LogP contribution in [0.25, 0.3) is 28.0 Å². The molecule has 3 aromatic carbocycles. The molecular formula is C34H33N5O5. The third kappa shape index (κ3) is 5.97. The number of non-ortho nitro benzene ring substituents is 1. The summed E-state index contributed by atoms with van der Waals surface area (Å²) >= 11 is 0. The number of hydrogen-bond donors (Lipinski definition) is 0. The number of rotatable bonds is 9. The molecule has 2 aromatic heterocycles. The Morgan fingerprint density at radius 2 is 1.64 bits per heavy atom. The number of fused-ring (bicyclic) bond motifs is 1. The minimum atomic E-state index is -0.387. The van der Waals surface area contributed by atoms with Crippen LogP contribution < -0.4 is 9.47 Å². The van der Waals surface area contributed by atoms with Gasteiger partial charge in [-0.15, -0.1) is 0 Å². The number of nitro groups is 1. The number of carbonyl (C=O) groups excluding carboxylic acids is 1. The number of nitro benzene ring substituents is 1. The van der Waals surface area contributed by atoms with E-state index in [4.69, 9.17) is 14.5 Å².